The van der Waals surface area contributed by atoms with Gasteiger partial charge in [-0.2, -0.15) is 0 Å². The highest BCUT2D eigenvalue weighted by molar-refractivity contribution is 6.03. The van der Waals surface area contributed by atoms with E-state index >= 15 is 0 Å². The third-order valence-corrected chi connectivity index (χ3v) is 14.8. The molecule has 0 aliphatic heterocycles. The molecule has 1 nitrogen and oxygen atoms in total. The first-order valence-electron chi connectivity index (χ1n) is 24.2. The maximum atomic E-state index is 2.58. The lowest BCUT2D eigenvalue weighted by Gasteiger charge is -2.37. The van der Waals surface area contributed by atoms with Crippen LogP contribution in [0.15, 0.2) is 224 Å². The largest absolute Gasteiger partial charge is 0.310 e. The predicted molar refractivity (Wildman–Crippen MR) is 289 cm³/mol. The Labute approximate surface area is 402 Å². The van der Waals surface area contributed by atoms with Crippen LogP contribution in [0.1, 0.15) is 74.9 Å². The summed E-state index contributed by atoms with van der Waals surface area (Å²) in [6, 6.07) is 84.6. The van der Waals surface area contributed by atoms with E-state index < -0.39 is 5.41 Å². The highest BCUT2D eigenvalue weighted by atomic mass is 15.1. The second kappa shape index (κ2) is 15.7. The predicted octanol–water partition coefficient (Wildman–Crippen LogP) is 18.2. The molecule has 0 fully saturated rings. The van der Waals surface area contributed by atoms with E-state index in [0.29, 0.717) is 0 Å². The van der Waals surface area contributed by atoms with Crippen LogP contribution in [0.2, 0.25) is 0 Å². The first kappa shape index (κ1) is 41.7. The minimum Gasteiger partial charge on any atom is -0.310 e. The van der Waals surface area contributed by atoms with E-state index in [1.54, 1.807) is 0 Å². The normalized spacial score (nSPS) is 13.3. The smallest absolute Gasteiger partial charge is 0.0726 e. The SMILES string of the molecule is CC(C)(C)c1ccc2c(c1)C1(c3ccccc3-c3ccccc3-c3ccccc31)c1cc(C(C)(C)C)cc(N(c3ccc(-c4ccccc4)cc3)c3ccc(-c4cccc5ccccc45)cc3)c1-2. The average Bonchev–Trinajstić information content (AvgIpc) is 3.61. The van der Waals surface area contributed by atoms with Gasteiger partial charge in [-0.3, -0.25) is 0 Å². The highest BCUT2D eigenvalue weighted by Crippen LogP contribution is 2.64. The summed E-state index contributed by atoms with van der Waals surface area (Å²) in [5.41, 5.74) is 22.9. The molecular weight excluding hydrogens is 819 g/mol. The summed E-state index contributed by atoms with van der Waals surface area (Å²) < 4.78 is 0. The minimum absolute atomic E-state index is 0.0739. The number of hydrogen-bond acceptors (Lipinski definition) is 1. The van der Waals surface area contributed by atoms with Crippen molar-refractivity contribution in [2.75, 3.05) is 4.90 Å². The van der Waals surface area contributed by atoms with Crippen molar-refractivity contribution in [3.05, 3.63) is 258 Å². The third-order valence-electron chi connectivity index (χ3n) is 14.8. The molecule has 1 heteroatoms. The minimum atomic E-state index is -0.644. The second-order valence-electron chi connectivity index (χ2n) is 20.9. The summed E-state index contributed by atoms with van der Waals surface area (Å²) in [7, 11) is 0. The lowest BCUT2D eigenvalue weighted by Crippen LogP contribution is -2.30. The van der Waals surface area contributed by atoms with E-state index in [2.05, 4.69) is 271 Å². The molecule has 0 saturated carbocycles. The van der Waals surface area contributed by atoms with Gasteiger partial charge < -0.3 is 4.90 Å². The number of hydrogen-bond donors (Lipinski definition) is 0. The van der Waals surface area contributed by atoms with Gasteiger partial charge in [0.15, 0.2) is 0 Å². The van der Waals surface area contributed by atoms with E-state index in [1.807, 2.05) is 0 Å². The molecule has 0 amide bonds. The van der Waals surface area contributed by atoms with E-state index in [-0.39, 0.29) is 10.8 Å². The van der Waals surface area contributed by atoms with Crippen molar-refractivity contribution in [1.82, 2.24) is 0 Å². The molecule has 1 spiro atoms. The van der Waals surface area contributed by atoms with Gasteiger partial charge in [-0.1, -0.05) is 236 Å². The zero-order valence-electron chi connectivity index (χ0n) is 39.8. The fraction of sp³-hybridized carbons (Fsp3) is 0.134. The van der Waals surface area contributed by atoms with E-state index in [9.17, 15) is 0 Å². The number of anilines is 3. The Morgan fingerprint density at radius 1 is 0.324 bits per heavy atom. The Kier molecular flexibility index (Phi) is 9.61. The van der Waals surface area contributed by atoms with Crippen molar-refractivity contribution in [2.45, 2.75) is 57.8 Å². The first-order chi connectivity index (χ1) is 33.0. The monoisotopic (exact) mass is 873 g/mol. The van der Waals surface area contributed by atoms with Crippen molar-refractivity contribution >= 4 is 27.8 Å². The topological polar surface area (TPSA) is 3.24 Å². The van der Waals surface area contributed by atoms with Gasteiger partial charge in [0.25, 0.3) is 0 Å². The van der Waals surface area contributed by atoms with Crippen LogP contribution < -0.4 is 4.90 Å². The Morgan fingerprint density at radius 2 is 0.809 bits per heavy atom. The van der Waals surface area contributed by atoms with Crippen LogP contribution in [-0.2, 0) is 16.2 Å². The molecule has 0 bridgehead atoms. The molecule has 12 rings (SSSR count). The fourth-order valence-electron chi connectivity index (χ4n) is 11.4. The molecule has 328 valence electrons. The molecule has 2 aliphatic rings. The summed E-state index contributed by atoms with van der Waals surface area (Å²) >= 11 is 0. The number of rotatable bonds is 5. The van der Waals surface area contributed by atoms with Crippen LogP contribution >= 0.6 is 0 Å². The van der Waals surface area contributed by atoms with Gasteiger partial charge >= 0.3 is 0 Å². The van der Waals surface area contributed by atoms with Crippen molar-refractivity contribution in [1.29, 1.82) is 0 Å². The lowest BCUT2D eigenvalue weighted by atomic mass is 9.64. The van der Waals surface area contributed by atoms with Crippen molar-refractivity contribution in [2.24, 2.45) is 0 Å². The maximum absolute atomic E-state index is 2.58. The van der Waals surface area contributed by atoms with Crippen molar-refractivity contribution < 1.29 is 0 Å². The molecule has 0 unspecified atom stereocenters. The molecular formula is C67H55N. The van der Waals surface area contributed by atoms with Gasteiger partial charge in [0, 0.05) is 16.9 Å². The molecule has 0 N–H and O–H groups in total. The van der Waals surface area contributed by atoms with Crippen LogP contribution in [0.4, 0.5) is 17.1 Å². The number of fused-ring (bicyclic) bond motifs is 13. The van der Waals surface area contributed by atoms with Gasteiger partial charge in [-0.15, -0.1) is 0 Å². The standard InChI is InChI=1S/C67H55N/c1-65(2,3)48-35-40-58-61(41-48)67(59-29-16-14-26-56(59)54-24-12-13-25-55(54)57-27-15-17-30-60(57)67)62-42-49(66(4,5)6)43-63(64(58)62)68(50-36-31-45(32-37-50)44-19-8-7-9-20-44)51-38-33-47(34-39-51)53-28-18-22-46-21-10-11-23-52(46)53/h7-43H,1-6H3. The molecule has 0 aromatic heterocycles. The molecule has 0 radical (unpaired) electrons. The summed E-state index contributed by atoms with van der Waals surface area (Å²) in [5, 5.41) is 2.50. The highest BCUT2D eigenvalue weighted by Gasteiger charge is 2.51. The number of benzene rings is 10. The van der Waals surface area contributed by atoms with Crippen LogP contribution in [0.3, 0.4) is 0 Å². The molecule has 10 aromatic carbocycles. The molecule has 68 heavy (non-hydrogen) atoms. The van der Waals surface area contributed by atoms with E-state index in [0.717, 1.165) is 11.4 Å². The summed E-state index contributed by atoms with van der Waals surface area (Å²) in [4.78, 5) is 2.54. The van der Waals surface area contributed by atoms with E-state index in [4.69, 9.17) is 0 Å². The first-order valence-corrected chi connectivity index (χ1v) is 24.2. The second-order valence-corrected chi connectivity index (χ2v) is 20.9. The average molecular weight is 874 g/mol. The van der Waals surface area contributed by atoms with Crippen molar-refractivity contribution in [3.8, 4) is 55.6 Å². The van der Waals surface area contributed by atoms with Crippen LogP contribution in [0, 0.1) is 0 Å². The van der Waals surface area contributed by atoms with Gasteiger partial charge in [-0.25, -0.2) is 0 Å². The molecule has 0 heterocycles. The molecule has 0 atom stereocenters. The molecule has 0 saturated heterocycles. The van der Waals surface area contributed by atoms with Crippen LogP contribution in [0.25, 0.3) is 66.4 Å². The third kappa shape index (κ3) is 6.51. The Balaban J connectivity index is 1.19. The maximum Gasteiger partial charge on any atom is 0.0726 e. The van der Waals surface area contributed by atoms with Crippen LogP contribution in [-0.4, -0.2) is 0 Å². The Morgan fingerprint density at radius 3 is 1.43 bits per heavy atom. The molecule has 10 aromatic rings. The number of nitrogens with zero attached hydrogens (tertiary/aromatic N) is 1. The quantitative estimate of drug-likeness (QED) is 0.167. The van der Waals surface area contributed by atoms with Gasteiger partial charge in [0.2, 0.25) is 0 Å². The van der Waals surface area contributed by atoms with E-state index in [1.165, 1.54) is 105 Å². The van der Waals surface area contributed by atoms with Gasteiger partial charge in [0.05, 0.1) is 11.1 Å². The lowest BCUT2D eigenvalue weighted by molar-refractivity contribution is 0.586. The van der Waals surface area contributed by atoms with Crippen LogP contribution in [0.5, 0.6) is 0 Å². The Bertz CT molecular complexity index is 3490. The summed E-state index contributed by atoms with van der Waals surface area (Å²) in [6.07, 6.45) is 0. The van der Waals surface area contributed by atoms with Gasteiger partial charge in [0.1, 0.15) is 0 Å². The zero-order chi connectivity index (χ0) is 46.4. The summed E-state index contributed by atoms with van der Waals surface area (Å²) in [5.74, 6) is 0. The summed E-state index contributed by atoms with van der Waals surface area (Å²) in [6.45, 7) is 14.1. The Hall–Kier alpha value is -7.74. The van der Waals surface area contributed by atoms with Gasteiger partial charge in [-0.05, 0) is 135 Å². The fourth-order valence-corrected chi connectivity index (χ4v) is 11.4. The zero-order valence-corrected chi connectivity index (χ0v) is 39.8. The molecule has 2 aliphatic carbocycles. The van der Waals surface area contributed by atoms with Crippen molar-refractivity contribution in [3.63, 3.8) is 0 Å².